The standard InChI is InChI=1S/C18H20ClN5O2/c1-3-16(25)22-7-8-23(12(2)11-22)18(26)15-10-21-24(17(15)20)14-6-4-5-13(19)9-14/h3-6,9-10,12H,1,7-8,11,20H2,2H3/t12-/m0/s1. The molecule has 2 aromatic rings. The smallest absolute Gasteiger partial charge is 0.259 e. The predicted molar refractivity (Wildman–Crippen MR) is 100 cm³/mol. The fourth-order valence-corrected chi connectivity index (χ4v) is 3.26. The molecular formula is C18H20ClN5O2. The van der Waals surface area contributed by atoms with Crippen molar-refractivity contribution in [1.82, 2.24) is 19.6 Å². The van der Waals surface area contributed by atoms with Gasteiger partial charge in [0.1, 0.15) is 11.4 Å². The van der Waals surface area contributed by atoms with Crippen molar-refractivity contribution < 1.29 is 9.59 Å². The van der Waals surface area contributed by atoms with E-state index in [4.69, 9.17) is 17.3 Å². The molecule has 2 N–H and O–H groups in total. The van der Waals surface area contributed by atoms with Crippen LogP contribution in [0.5, 0.6) is 0 Å². The molecule has 2 amide bonds. The number of piperazine rings is 1. The molecule has 3 rings (SSSR count). The molecule has 0 spiro atoms. The van der Waals surface area contributed by atoms with Crippen molar-refractivity contribution in [3.63, 3.8) is 0 Å². The van der Waals surface area contributed by atoms with E-state index in [0.29, 0.717) is 35.9 Å². The van der Waals surface area contributed by atoms with Crippen molar-refractivity contribution in [2.75, 3.05) is 25.4 Å². The number of benzene rings is 1. The molecule has 0 saturated carbocycles. The van der Waals surface area contributed by atoms with Crippen molar-refractivity contribution in [3.05, 3.63) is 53.7 Å². The molecule has 2 heterocycles. The summed E-state index contributed by atoms with van der Waals surface area (Å²) in [6.07, 6.45) is 2.75. The molecule has 1 fully saturated rings. The third-order valence-corrected chi connectivity index (χ3v) is 4.70. The van der Waals surface area contributed by atoms with Crippen molar-refractivity contribution >= 4 is 29.2 Å². The Morgan fingerprint density at radius 1 is 1.38 bits per heavy atom. The minimum absolute atomic E-state index is 0.128. The molecule has 1 aliphatic heterocycles. The summed E-state index contributed by atoms with van der Waals surface area (Å²) in [6, 6.07) is 6.95. The molecule has 136 valence electrons. The van der Waals surface area contributed by atoms with Crippen LogP contribution in [0.15, 0.2) is 43.1 Å². The number of amides is 2. The predicted octanol–water partition coefficient (Wildman–Crippen LogP) is 1.97. The maximum Gasteiger partial charge on any atom is 0.259 e. The molecule has 0 radical (unpaired) electrons. The van der Waals surface area contributed by atoms with E-state index in [1.807, 2.05) is 13.0 Å². The van der Waals surface area contributed by atoms with Crippen LogP contribution in [0, 0.1) is 0 Å². The van der Waals surface area contributed by atoms with Gasteiger partial charge in [0, 0.05) is 30.7 Å². The summed E-state index contributed by atoms with van der Waals surface area (Å²) in [7, 11) is 0. The van der Waals surface area contributed by atoms with Gasteiger partial charge in [0.2, 0.25) is 5.91 Å². The van der Waals surface area contributed by atoms with Crippen molar-refractivity contribution in [2.24, 2.45) is 0 Å². The molecule has 1 aromatic carbocycles. The Balaban J connectivity index is 1.81. The molecule has 1 atom stereocenters. The second-order valence-corrected chi connectivity index (χ2v) is 6.61. The Kier molecular flexibility index (Phi) is 4.99. The number of nitrogens with zero attached hydrogens (tertiary/aromatic N) is 4. The van der Waals surface area contributed by atoms with E-state index < -0.39 is 0 Å². The van der Waals surface area contributed by atoms with E-state index in [1.54, 1.807) is 28.0 Å². The minimum atomic E-state index is -0.200. The monoisotopic (exact) mass is 373 g/mol. The number of anilines is 1. The van der Waals surface area contributed by atoms with Gasteiger partial charge in [0.15, 0.2) is 0 Å². The number of nitrogen functional groups attached to an aromatic ring is 1. The zero-order chi connectivity index (χ0) is 18.8. The quantitative estimate of drug-likeness (QED) is 0.833. The highest BCUT2D eigenvalue weighted by molar-refractivity contribution is 6.30. The highest BCUT2D eigenvalue weighted by Crippen LogP contribution is 2.22. The molecule has 0 bridgehead atoms. The Morgan fingerprint density at radius 3 is 2.81 bits per heavy atom. The molecule has 1 saturated heterocycles. The number of halogens is 1. The zero-order valence-electron chi connectivity index (χ0n) is 14.4. The Labute approximate surface area is 156 Å². The van der Waals surface area contributed by atoms with E-state index in [2.05, 4.69) is 11.7 Å². The number of rotatable bonds is 3. The average molecular weight is 374 g/mol. The first-order valence-electron chi connectivity index (χ1n) is 8.24. The van der Waals surface area contributed by atoms with Crippen LogP contribution in [-0.4, -0.2) is 57.1 Å². The van der Waals surface area contributed by atoms with Crippen molar-refractivity contribution in [3.8, 4) is 5.69 Å². The van der Waals surface area contributed by atoms with Crippen LogP contribution in [0.1, 0.15) is 17.3 Å². The molecule has 0 unspecified atom stereocenters. The van der Waals surface area contributed by atoms with Gasteiger partial charge in [-0.2, -0.15) is 5.10 Å². The first-order chi connectivity index (χ1) is 12.4. The van der Waals surface area contributed by atoms with E-state index >= 15 is 0 Å². The molecule has 0 aliphatic carbocycles. The van der Waals surface area contributed by atoms with Crippen LogP contribution < -0.4 is 5.73 Å². The fourth-order valence-electron chi connectivity index (χ4n) is 3.08. The second kappa shape index (κ2) is 7.21. The van der Waals surface area contributed by atoms with E-state index in [-0.39, 0.29) is 23.7 Å². The van der Waals surface area contributed by atoms with Gasteiger partial charge >= 0.3 is 0 Å². The Hall–Kier alpha value is -2.80. The van der Waals surface area contributed by atoms with Crippen molar-refractivity contribution in [1.29, 1.82) is 0 Å². The summed E-state index contributed by atoms with van der Waals surface area (Å²) in [6.45, 7) is 6.75. The van der Waals surface area contributed by atoms with Gasteiger partial charge in [-0.05, 0) is 31.2 Å². The number of aromatic nitrogens is 2. The van der Waals surface area contributed by atoms with Crippen LogP contribution in [0.2, 0.25) is 5.02 Å². The lowest BCUT2D eigenvalue weighted by atomic mass is 10.1. The molecule has 1 aromatic heterocycles. The van der Waals surface area contributed by atoms with E-state index in [9.17, 15) is 9.59 Å². The van der Waals surface area contributed by atoms with Gasteiger partial charge in [0.25, 0.3) is 5.91 Å². The maximum absolute atomic E-state index is 12.9. The average Bonchev–Trinajstić information content (AvgIpc) is 3.01. The number of carbonyl (C=O) groups is 2. The number of nitrogens with two attached hydrogens (primary N) is 1. The fraction of sp³-hybridized carbons (Fsp3) is 0.278. The molecule has 1 aliphatic rings. The first kappa shape index (κ1) is 18.0. The van der Waals surface area contributed by atoms with Gasteiger partial charge in [-0.15, -0.1) is 0 Å². The lowest BCUT2D eigenvalue weighted by Gasteiger charge is -2.39. The number of carbonyl (C=O) groups excluding carboxylic acids is 2. The lowest BCUT2D eigenvalue weighted by molar-refractivity contribution is -0.128. The zero-order valence-corrected chi connectivity index (χ0v) is 15.2. The SMILES string of the molecule is C=CC(=O)N1CCN(C(=O)c2cnn(-c3cccc(Cl)c3)c2N)[C@@H](C)C1. The van der Waals surface area contributed by atoms with Crippen LogP contribution in [-0.2, 0) is 4.79 Å². The minimum Gasteiger partial charge on any atom is -0.383 e. The van der Waals surface area contributed by atoms with Crippen LogP contribution in [0.25, 0.3) is 5.69 Å². The second-order valence-electron chi connectivity index (χ2n) is 6.17. The van der Waals surface area contributed by atoms with Gasteiger partial charge < -0.3 is 15.5 Å². The van der Waals surface area contributed by atoms with Crippen molar-refractivity contribution in [2.45, 2.75) is 13.0 Å². The number of hydrogen-bond acceptors (Lipinski definition) is 4. The van der Waals surface area contributed by atoms with Gasteiger partial charge in [-0.3, -0.25) is 9.59 Å². The normalized spacial score (nSPS) is 17.2. The summed E-state index contributed by atoms with van der Waals surface area (Å²) in [5, 5.41) is 4.79. The summed E-state index contributed by atoms with van der Waals surface area (Å²) in [4.78, 5) is 28.1. The third-order valence-electron chi connectivity index (χ3n) is 4.46. The summed E-state index contributed by atoms with van der Waals surface area (Å²) in [5.74, 6) is -0.0692. The van der Waals surface area contributed by atoms with E-state index in [0.717, 1.165) is 0 Å². The molecular weight excluding hydrogens is 354 g/mol. The van der Waals surface area contributed by atoms with Crippen LogP contribution in [0.4, 0.5) is 5.82 Å². The molecule has 7 nitrogen and oxygen atoms in total. The number of hydrogen-bond donors (Lipinski definition) is 1. The van der Waals surface area contributed by atoms with Gasteiger partial charge in [-0.25, -0.2) is 4.68 Å². The third kappa shape index (κ3) is 3.30. The summed E-state index contributed by atoms with van der Waals surface area (Å²) >= 11 is 6.01. The topological polar surface area (TPSA) is 84.5 Å². The van der Waals surface area contributed by atoms with Gasteiger partial charge in [0.05, 0.1) is 11.9 Å². The summed E-state index contributed by atoms with van der Waals surface area (Å²) in [5.41, 5.74) is 7.19. The van der Waals surface area contributed by atoms with Crippen LogP contribution in [0.3, 0.4) is 0 Å². The lowest BCUT2D eigenvalue weighted by Crippen LogP contribution is -2.55. The van der Waals surface area contributed by atoms with E-state index in [1.165, 1.54) is 17.0 Å². The largest absolute Gasteiger partial charge is 0.383 e. The van der Waals surface area contributed by atoms with Crippen LogP contribution >= 0.6 is 11.6 Å². The molecule has 8 heteroatoms. The molecule has 26 heavy (non-hydrogen) atoms. The highest BCUT2D eigenvalue weighted by Gasteiger charge is 2.31. The Bertz CT molecular complexity index is 863. The van der Waals surface area contributed by atoms with Gasteiger partial charge in [-0.1, -0.05) is 24.2 Å². The Morgan fingerprint density at radius 2 is 2.15 bits per heavy atom. The maximum atomic E-state index is 12.9. The first-order valence-corrected chi connectivity index (χ1v) is 8.62. The summed E-state index contributed by atoms with van der Waals surface area (Å²) < 4.78 is 1.49. The highest BCUT2D eigenvalue weighted by atomic mass is 35.5.